The van der Waals surface area contributed by atoms with Gasteiger partial charge in [-0.05, 0) is 79.9 Å². The fourth-order valence-electron chi connectivity index (χ4n) is 3.89. The summed E-state index contributed by atoms with van der Waals surface area (Å²) in [7, 11) is 0. The number of aryl methyl sites for hydroxylation is 2. The molecular formula is C19H23NO2. The first-order valence-electron chi connectivity index (χ1n) is 8.50. The summed E-state index contributed by atoms with van der Waals surface area (Å²) in [5.74, 6) is 0.831. The average Bonchev–Trinajstić information content (AvgIpc) is 2.95. The first-order chi connectivity index (χ1) is 10.7. The predicted molar refractivity (Wildman–Crippen MR) is 88.2 cm³/mol. The molecule has 1 fully saturated rings. The third-order valence-electron chi connectivity index (χ3n) is 5.31. The predicted octanol–water partition coefficient (Wildman–Crippen LogP) is 3.51. The number of likely N-dealkylation sites (tertiary alicyclic amines) is 1. The van der Waals surface area contributed by atoms with Crippen LogP contribution in [0.2, 0.25) is 0 Å². The van der Waals surface area contributed by atoms with Crippen LogP contribution in [0.5, 0.6) is 0 Å². The van der Waals surface area contributed by atoms with E-state index in [0.717, 1.165) is 54.9 Å². The molecule has 3 heteroatoms. The summed E-state index contributed by atoms with van der Waals surface area (Å²) in [4.78, 5) is 14.4. The topological polar surface area (TPSA) is 33.5 Å². The van der Waals surface area contributed by atoms with Crippen molar-refractivity contribution in [2.45, 2.75) is 45.6 Å². The Morgan fingerprint density at radius 1 is 1.14 bits per heavy atom. The highest BCUT2D eigenvalue weighted by Gasteiger charge is 2.19. The zero-order valence-corrected chi connectivity index (χ0v) is 13.2. The van der Waals surface area contributed by atoms with Crippen molar-refractivity contribution in [3.63, 3.8) is 0 Å². The maximum atomic E-state index is 11.9. The van der Waals surface area contributed by atoms with Crippen molar-refractivity contribution < 1.29 is 4.42 Å². The van der Waals surface area contributed by atoms with Crippen LogP contribution in [0.4, 0.5) is 0 Å². The highest BCUT2D eigenvalue weighted by atomic mass is 16.4. The fraction of sp³-hybridized carbons (Fsp3) is 0.526. The van der Waals surface area contributed by atoms with Crippen molar-refractivity contribution in [2.24, 2.45) is 5.92 Å². The molecule has 2 aromatic rings. The number of piperidine rings is 1. The van der Waals surface area contributed by atoms with Crippen LogP contribution >= 0.6 is 0 Å². The van der Waals surface area contributed by atoms with Crippen LogP contribution in [0, 0.1) is 5.92 Å². The van der Waals surface area contributed by atoms with Crippen molar-refractivity contribution in [3.05, 3.63) is 45.3 Å². The van der Waals surface area contributed by atoms with Gasteiger partial charge in [-0.1, -0.05) is 6.92 Å². The van der Waals surface area contributed by atoms with Crippen LogP contribution in [-0.2, 0) is 19.4 Å². The molecule has 0 unspecified atom stereocenters. The SMILES string of the molecule is CC1CCN(Cc2cc(=O)oc3cc4c(cc23)CCC4)CC1. The standard InChI is InChI=1S/C19H23NO2/c1-13-5-7-20(8-6-13)12-16-11-19(21)22-18-10-15-4-2-3-14(15)9-17(16)18/h9-11,13H,2-8,12H2,1H3. The highest BCUT2D eigenvalue weighted by molar-refractivity contribution is 5.82. The van der Waals surface area contributed by atoms with Crippen LogP contribution in [-0.4, -0.2) is 18.0 Å². The van der Waals surface area contributed by atoms with E-state index in [1.54, 1.807) is 6.07 Å². The molecule has 0 atom stereocenters. The summed E-state index contributed by atoms with van der Waals surface area (Å²) in [6.45, 7) is 5.46. The van der Waals surface area contributed by atoms with Gasteiger partial charge in [0.25, 0.3) is 0 Å². The first-order valence-corrected chi connectivity index (χ1v) is 8.50. The van der Waals surface area contributed by atoms with Crippen LogP contribution in [0.15, 0.2) is 27.4 Å². The normalized spacial score (nSPS) is 19.7. The average molecular weight is 297 g/mol. The zero-order valence-electron chi connectivity index (χ0n) is 13.2. The van der Waals surface area contributed by atoms with Gasteiger partial charge in [0.2, 0.25) is 0 Å². The third kappa shape index (κ3) is 2.58. The second kappa shape index (κ2) is 5.54. The molecule has 0 radical (unpaired) electrons. The minimum Gasteiger partial charge on any atom is -0.423 e. The highest BCUT2D eigenvalue weighted by Crippen LogP contribution is 2.29. The number of hydrogen-bond donors (Lipinski definition) is 0. The van der Waals surface area contributed by atoms with Crippen LogP contribution in [0.3, 0.4) is 0 Å². The Balaban J connectivity index is 1.71. The Bertz CT molecular complexity index is 754. The van der Waals surface area contributed by atoms with E-state index >= 15 is 0 Å². The van der Waals surface area contributed by atoms with E-state index in [0.29, 0.717) is 0 Å². The maximum absolute atomic E-state index is 11.9. The lowest BCUT2D eigenvalue weighted by molar-refractivity contribution is 0.185. The van der Waals surface area contributed by atoms with Crippen molar-refractivity contribution in [2.75, 3.05) is 13.1 Å². The molecule has 0 amide bonds. The molecule has 0 N–H and O–H groups in total. The molecule has 1 aromatic heterocycles. The third-order valence-corrected chi connectivity index (χ3v) is 5.31. The Morgan fingerprint density at radius 2 is 1.86 bits per heavy atom. The molecule has 2 aliphatic rings. The smallest absolute Gasteiger partial charge is 0.336 e. The lowest BCUT2D eigenvalue weighted by atomic mass is 9.98. The van der Waals surface area contributed by atoms with Gasteiger partial charge in [-0.25, -0.2) is 4.79 Å². The Kier molecular flexibility index (Phi) is 3.53. The minimum atomic E-state index is -0.217. The van der Waals surface area contributed by atoms with Crippen molar-refractivity contribution in [3.8, 4) is 0 Å². The second-order valence-electron chi connectivity index (χ2n) is 7.02. The first kappa shape index (κ1) is 14.0. The van der Waals surface area contributed by atoms with Crippen molar-refractivity contribution >= 4 is 11.0 Å². The van der Waals surface area contributed by atoms with E-state index in [2.05, 4.69) is 24.0 Å². The Hall–Kier alpha value is -1.61. The van der Waals surface area contributed by atoms with E-state index in [1.165, 1.54) is 30.4 Å². The van der Waals surface area contributed by atoms with Gasteiger partial charge in [-0.15, -0.1) is 0 Å². The molecule has 2 heterocycles. The molecule has 3 nitrogen and oxygen atoms in total. The van der Waals surface area contributed by atoms with Gasteiger partial charge >= 0.3 is 5.63 Å². The number of hydrogen-bond acceptors (Lipinski definition) is 3. The van der Waals surface area contributed by atoms with Crippen LogP contribution in [0.25, 0.3) is 11.0 Å². The monoisotopic (exact) mass is 297 g/mol. The molecule has 1 aromatic carbocycles. The largest absolute Gasteiger partial charge is 0.423 e. The van der Waals surface area contributed by atoms with Gasteiger partial charge < -0.3 is 4.42 Å². The van der Waals surface area contributed by atoms with E-state index in [1.807, 2.05) is 0 Å². The van der Waals surface area contributed by atoms with Crippen molar-refractivity contribution in [1.82, 2.24) is 4.90 Å². The number of benzene rings is 1. The molecule has 0 spiro atoms. The number of rotatable bonds is 2. The summed E-state index contributed by atoms with van der Waals surface area (Å²) >= 11 is 0. The quantitative estimate of drug-likeness (QED) is 0.795. The Morgan fingerprint density at radius 3 is 2.64 bits per heavy atom. The lowest BCUT2D eigenvalue weighted by Gasteiger charge is -2.30. The van der Waals surface area contributed by atoms with Gasteiger partial charge in [0.15, 0.2) is 0 Å². The summed E-state index contributed by atoms with van der Waals surface area (Å²) in [6.07, 6.45) is 6.01. The summed E-state index contributed by atoms with van der Waals surface area (Å²) in [6, 6.07) is 6.06. The second-order valence-corrected chi connectivity index (χ2v) is 7.02. The van der Waals surface area contributed by atoms with Crippen molar-refractivity contribution in [1.29, 1.82) is 0 Å². The Labute approximate surface area is 130 Å². The molecule has 1 saturated heterocycles. The molecule has 22 heavy (non-hydrogen) atoms. The molecular weight excluding hydrogens is 274 g/mol. The minimum absolute atomic E-state index is 0.217. The molecule has 1 aliphatic heterocycles. The molecule has 0 bridgehead atoms. The van der Waals surface area contributed by atoms with Gasteiger partial charge in [-0.2, -0.15) is 0 Å². The van der Waals surface area contributed by atoms with E-state index in [4.69, 9.17) is 4.42 Å². The van der Waals surface area contributed by atoms with Crippen LogP contribution < -0.4 is 5.63 Å². The number of fused-ring (bicyclic) bond motifs is 2. The zero-order chi connectivity index (χ0) is 15.1. The summed E-state index contributed by atoms with van der Waals surface area (Å²) in [5.41, 5.74) is 4.49. The van der Waals surface area contributed by atoms with Crippen LogP contribution in [0.1, 0.15) is 42.9 Å². The molecule has 116 valence electrons. The van der Waals surface area contributed by atoms with Gasteiger partial charge in [-0.3, -0.25) is 4.90 Å². The molecule has 4 rings (SSSR count). The maximum Gasteiger partial charge on any atom is 0.336 e. The summed E-state index contributed by atoms with van der Waals surface area (Å²) < 4.78 is 5.46. The fourth-order valence-corrected chi connectivity index (χ4v) is 3.89. The van der Waals surface area contributed by atoms with Gasteiger partial charge in [0, 0.05) is 18.0 Å². The van der Waals surface area contributed by atoms with Gasteiger partial charge in [0.05, 0.1) is 0 Å². The number of nitrogens with zero attached hydrogens (tertiary/aromatic N) is 1. The van der Waals surface area contributed by atoms with E-state index < -0.39 is 0 Å². The molecule has 1 aliphatic carbocycles. The van der Waals surface area contributed by atoms with E-state index in [9.17, 15) is 4.79 Å². The summed E-state index contributed by atoms with van der Waals surface area (Å²) in [5, 5.41) is 1.14. The lowest BCUT2D eigenvalue weighted by Crippen LogP contribution is -2.32. The van der Waals surface area contributed by atoms with Gasteiger partial charge in [0.1, 0.15) is 5.58 Å². The van der Waals surface area contributed by atoms with E-state index in [-0.39, 0.29) is 5.63 Å². The molecule has 0 saturated carbocycles.